The van der Waals surface area contributed by atoms with E-state index in [1.807, 2.05) is 0 Å². The topological polar surface area (TPSA) is 92.8 Å². The van der Waals surface area contributed by atoms with Crippen molar-refractivity contribution in [1.29, 1.82) is 0 Å². The molecule has 7 nitrogen and oxygen atoms in total. The molecule has 2 aromatic rings. The molecule has 0 unspecified atom stereocenters. The highest BCUT2D eigenvalue weighted by Crippen LogP contribution is 2.37. The van der Waals surface area contributed by atoms with Gasteiger partial charge in [-0.25, -0.2) is 22.3 Å². The van der Waals surface area contributed by atoms with Crippen molar-refractivity contribution in [2.75, 3.05) is 20.2 Å². The highest BCUT2D eigenvalue weighted by Gasteiger charge is 2.35. The van der Waals surface area contributed by atoms with E-state index in [0.29, 0.717) is 34.5 Å². The number of fused-ring (bicyclic) bond motifs is 1. The molecule has 1 aromatic carbocycles. The summed E-state index contributed by atoms with van der Waals surface area (Å²) in [7, 11) is -2.85. The molecule has 10 heteroatoms. The molecule has 1 aliphatic heterocycles. The van der Waals surface area contributed by atoms with E-state index in [2.05, 4.69) is 4.72 Å². The smallest absolute Gasteiger partial charge is 0.340 e. The zero-order valence-corrected chi connectivity index (χ0v) is 19.7. The van der Waals surface area contributed by atoms with Crippen molar-refractivity contribution in [3.8, 4) is 0 Å². The number of carbonyl (C=O) groups excluding carboxylic acids is 2. The van der Waals surface area contributed by atoms with Crippen LogP contribution < -0.4 is 4.72 Å². The standard InChI is InChI=1S/C22H25FN2O5S2/c1-4-14(2)20(26)25-12-10-16-18(13-25)31-22(19(16)21(27)30-3)32(28,29)24-11-9-15-7-5-6-8-17(15)23/h4-8,24H,9-13H2,1-3H3/b14-4+. The Labute approximate surface area is 190 Å². The van der Waals surface area contributed by atoms with E-state index in [0.717, 1.165) is 11.3 Å². The lowest BCUT2D eigenvalue weighted by Crippen LogP contribution is -2.36. The first-order valence-corrected chi connectivity index (χ1v) is 12.4. The minimum Gasteiger partial charge on any atom is -0.465 e. The van der Waals surface area contributed by atoms with Crippen LogP contribution in [0.2, 0.25) is 0 Å². The number of nitrogens with one attached hydrogen (secondary N) is 1. The Morgan fingerprint density at radius 1 is 1.31 bits per heavy atom. The molecular formula is C22H25FN2O5S2. The van der Waals surface area contributed by atoms with Gasteiger partial charge in [0.25, 0.3) is 10.0 Å². The summed E-state index contributed by atoms with van der Waals surface area (Å²) < 4.78 is 47.1. The maximum absolute atomic E-state index is 13.8. The predicted octanol–water partition coefficient (Wildman–Crippen LogP) is 3.05. The van der Waals surface area contributed by atoms with Gasteiger partial charge >= 0.3 is 5.97 Å². The van der Waals surface area contributed by atoms with E-state index in [9.17, 15) is 22.4 Å². The van der Waals surface area contributed by atoms with Crippen LogP contribution in [0.1, 0.15) is 40.2 Å². The van der Waals surface area contributed by atoms with Gasteiger partial charge in [-0.15, -0.1) is 11.3 Å². The van der Waals surface area contributed by atoms with Crippen LogP contribution in [-0.2, 0) is 38.9 Å². The van der Waals surface area contributed by atoms with Crippen LogP contribution >= 0.6 is 11.3 Å². The molecule has 1 aliphatic rings. The van der Waals surface area contributed by atoms with E-state index < -0.39 is 21.8 Å². The van der Waals surface area contributed by atoms with Crippen molar-refractivity contribution in [2.45, 2.75) is 37.4 Å². The van der Waals surface area contributed by atoms with Crippen LogP contribution in [-0.4, -0.2) is 45.4 Å². The van der Waals surface area contributed by atoms with E-state index in [1.165, 1.54) is 13.2 Å². The number of carbonyl (C=O) groups is 2. The summed E-state index contributed by atoms with van der Waals surface area (Å²) in [5.41, 5.74) is 1.60. The second-order valence-corrected chi connectivity index (χ2v) is 10.4. The third-order valence-corrected chi connectivity index (χ3v) is 8.56. The lowest BCUT2D eigenvalue weighted by Gasteiger charge is -2.27. The van der Waals surface area contributed by atoms with Crippen molar-refractivity contribution in [3.05, 3.63) is 63.3 Å². The highest BCUT2D eigenvalue weighted by molar-refractivity contribution is 7.91. The van der Waals surface area contributed by atoms with Crippen molar-refractivity contribution >= 4 is 33.2 Å². The summed E-state index contributed by atoms with van der Waals surface area (Å²) in [5, 5.41) is 0. The fraction of sp³-hybridized carbons (Fsp3) is 0.364. The number of amides is 1. The number of ether oxygens (including phenoxy) is 1. The summed E-state index contributed by atoms with van der Waals surface area (Å²) in [4.78, 5) is 27.3. The molecule has 0 fully saturated rings. The Morgan fingerprint density at radius 3 is 2.69 bits per heavy atom. The minimum absolute atomic E-state index is 0.0146. The van der Waals surface area contributed by atoms with Gasteiger partial charge in [-0.1, -0.05) is 24.3 Å². The summed E-state index contributed by atoms with van der Waals surface area (Å²) >= 11 is 0.964. The van der Waals surface area contributed by atoms with Gasteiger partial charge in [-0.3, -0.25) is 4.79 Å². The number of benzene rings is 1. The van der Waals surface area contributed by atoms with Crippen molar-refractivity contribution in [1.82, 2.24) is 9.62 Å². The van der Waals surface area contributed by atoms with E-state index in [-0.39, 0.29) is 35.2 Å². The van der Waals surface area contributed by atoms with E-state index in [1.54, 1.807) is 43.0 Å². The summed E-state index contributed by atoms with van der Waals surface area (Å²) in [5.74, 6) is -1.27. The number of hydrogen-bond donors (Lipinski definition) is 1. The Bertz CT molecular complexity index is 1170. The van der Waals surface area contributed by atoms with Crippen LogP contribution in [0.3, 0.4) is 0 Å². The first-order valence-electron chi connectivity index (χ1n) is 10.1. The summed E-state index contributed by atoms with van der Waals surface area (Å²) in [6.07, 6.45) is 2.24. The van der Waals surface area contributed by atoms with E-state index >= 15 is 0 Å². The average molecular weight is 481 g/mol. The predicted molar refractivity (Wildman–Crippen MR) is 120 cm³/mol. The molecule has 32 heavy (non-hydrogen) atoms. The SMILES string of the molecule is C/C=C(\C)C(=O)N1CCc2c(sc(S(=O)(=O)NCCc3ccccc3F)c2C(=O)OC)C1. The fourth-order valence-corrected chi connectivity index (χ4v) is 6.48. The largest absolute Gasteiger partial charge is 0.465 e. The third kappa shape index (κ3) is 4.92. The third-order valence-electron chi connectivity index (χ3n) is 5.36. The number of nitrogens with zero attached hydrogens (tertiary/aromatic N) is 1. The number of esters is 1. The number of halogens is 1. The minimum atomic E-state index is -4.05. The van der Waals surface area contributed by atoms with Gasteiger partial charge < -0.3 is 9.64 Å². The molecule has 1 N–H and O–H groups in total. The Balaban J connectivity index is 1.87. The Kier molecular flexibility index (Phi) is 7.47. The van der Waals surface area contributed by atoms with Gasteiger partial charge in [0.05, 0.1) is 19.2 Å². The summed E-state index contributed by atoms with van der Waals surface area (Å²) in [6, 6.07) is 6.15. The molecular weight excluding hydrogens is 455 g/mol. The molecule has 0 saturated carbocycles. The van der Waals surface area contributed by atoms with Crippen LogP contribution in [0, 0.1) is 5.82 Å². The molecule has 0 atom stereocenters. The van der Waals surface area contributed by atoms with Crippen LogP contribution in [0.25, 0.3) is 0 Å². The number of allylic oxidation sites excluding steroid dienone is 1. The molecule has 0 aliphatic carbocycles. The number of rotatable bonds is 7. The molecule has 0 bridgehead atoms. The molecule has 3 rings (SSSR count). The maximum atomic E-state index is 13.8. The molecule has 0 saturated heterocycles. The normalized spacial score (nSPS) is 14.2. The van der Waals surface area contributed by atoms with Crippen molar-refractivity contribution in [3.63, 3.8) is 0 Å². The van der Waals surface area contributed by atoms with Crippen molar-refractivity contribution < 1.29 is 27.1 Å². The second kappa shape index (κ2) is 9.93. The number of sulfonamides is 1. The molecule has 1 aromatic heterocycles. The van der Waals surface area contributed by atoms with Gasteiger partial charge in [0, 0.05) is 23.5 Å². The summed E-state index contributed by atoms with van der Waals surface area (Å²) in [6.45, 7) is 4.07. The number of thiophene rings is 1. The number of methoxy groups -OCH3 is 1. The number of hydrogen-bond acceptors (Lipinski definition) is 6. The maximum Gasteiger partial charge on any atom is 0.340 e. The zero-order chi connectivity index (χ0) is 23.5. The molecule has 0 spiro atoms. The first-order chi connectivity index (χ1) is 15.2. The lowest BCUT2D eigenvalue weighted by atomic mass is 10.0. The Morgan fingerprint density at radius 2 is 2.03 bits per heavy atom. The van der Waals surface area contributed by atoms with Gasteiger partial charge in [0.2, 0.25) is 5.91 Å². The van der Waals surface area contributed by atoms with Crippen LogP contribution in [0.4, 0.5) is 4.39 Å². The average Bonchev–Trinajstić information content (AvgIpc) is 3.18. The van der Waals surface area contributed by atoms with Crippen LogP contribution in [0.15, 0.2) is 40.1 Å². The molecule has 0 radical (unpaired) electrons. The zero-order valence-electron chi connectivity index (χ0n) is 18.1. The van der Waals surface area contributed by atoms with Gasteiger partial charge in [-0.05, 0) is 43.9 Å². The fourth-order valence-electron chi connectivity index (χ4n) is 3.51. The molecule has 172 valence electrons. The van der Waals surface area contributed by atoms with Crippen LogP contribution in [0.5, 0.6) is 0 Å². The monoisotopic (exact) mass is 480 g/mol. The highest BCUT2D eigenvalue weighted by atomic mass is 32.2. The Hall–Kier alpha value is -2.56. The lowest BCUT2D eigenvalue weighted by molar-refractivity contribution is -0.127. The molecule has 2 heterocycles. The van der Waals surface area contributed by atoms with Gasteiger partial charge in [0.1, 0.15) is 10.0 Å². The molecule has 1 amide bonds. The van der Waals surface area contributed by atoms with Gasteiger partial charge in [0.15, 0.2) is 0 Å². The van der Waals surface area contributed by atoms with Crippen molar-refractivity contribution in [2.24, 2.45) is 0 Å². The van der Waals surface area contributed by atoms with E-state index in [4.69, 9.17) is 4.74 Å². The quantitative estimate of drug-likeness (QED) is 0.486. The van der Waals surface area contributed by atoms with Gasteiger partial charge in [-0.2, -0.15) is 0 Å². The second-order valence-electron chi connectivity index (χ2n) is 7.35. The first kappa shape index (κ1) is 24.1.